The Balaban J connectivity index is 1.45. The zero-order valence-electron chi connectivity index (χ0n) is 16.1. The average Bonchev–Trinajstić information content (AvgIpc) is 3.47. The summed E-state index contributed by atoms with van der Waals surface area (Å²) in [5, 5.41) is 29.5. The zero-order chi connectivity index (χ0) is 20.4. The number of amides is 1. The first kappa shape index (κ1) is 19.3. The summed E-state index contributed by atoms with van der Waals surface area (Å²) in [5.41, 5.74) is 3.57. The van der Waals surface area contributed by atoms with Crippen molar-refractivity contribution in [3.8, 4) is 11.4 Å². The first-order valence-corrected chi connectivity index (χ1v) is 9.65. The van der Waals surface area contributed by atoms with Gasteiger partial charge in [-0.25, -0.2) is 0 Å². The lowest BCUT2D eigenvalue weighted by Gasteiger charge is -2.13. The number of hydrogen-bond acceptors (Lipinski definition) is 7. The Bertz CT molecular complexity index is 1010. The largest absolute Gasteiger partial charge is 0.394 e. The van der Waals surface area contributed by atoms with Crippen LogP contribution in [0.2, 0.25) is 0 Å². The van der Waals surface area contributed by atoms with Gasteiger partial charge in [-0.05, 0) is 30.0 Å². The molecule has 0 bridgehead atoms. The highest BCUT2D eigenvalue weighted by molar-refractivity contribution is 5.94. The average molecular weight is 397 g/mol. The van der Waals surface area contributed by atoms with Crippen molar-refractivity contribution in [2.75, 3.05) is 6.61 Å². The number of carbonyl (C=O) groups excluding carboxylic acids is 1. The first-order chi connectivity index (χ1) is 14.1. The number of benzene rings is 1. The van der Waals surface area contributed by atoms with Crippen LogP contribution in [-0.4, -0.2) is 48.8 Å². The summed E-state index contributed by atoms with van der Waals surface area (Å²) < 4.78 is 6.63. The van der Waals surface area contributed by atoms with E-state index in [2.05, 4.69) is 26.6 Å². The molecule has 2 heterocycles. The fraction of sp³-hybridized carbons (Fsp3) is 0.400. The van der Waals surface area contributed by atoms with Crippen LogP contribution < -0.4 is 5.32 Å². The third kappa shape index (κ3) is 4.06. The van der Waals surface area contributed by atoms with Crippen LogP contribution >= 0.6 is 0 Å². The van der Waals surface area contributed by atoms with Gasteiger partial charge in [0.15, 0.2) is 0 Å². The SMILES string of the molecule is CCc1nc(-c2ccc3c(c2)CC[C@H]3NC(=O)c2cnn(CC(O)CO)c2)no1. The Morgan fingerprint density at radius 2 is 2.31 bits per heavy atom. The highest BCUT2D eigenvalue weighted by Gasteiger charge is 2.25. The van der Waals surface area contributed by atoms with Crippen molar-refractivity contribution in [3.05, 3.63) is 53.2 Å². The topological polar surface area (TPSA) is 126 Å². The Morgan fingerprint density at radius 3 is 3.07 bits per heavy atom. The van der Waals surface area contributed by atoms with E-state index < -0.39 is 6.10 Å². The van der Waals surface area contributed by atoms with Gasteiger partial charge in [-0.3, -0.25) is 9.48 Å². The van der Waals surface area contributed by atoms with Crippen LogP contribution in [0.4, 0.5) is 0 Å². The van der Waals surface area contributed by atoms with Gasteiger partial charge in [0.1, 0.15) is 0 Å². The van der Waals surface area contributed by atoms with Crippen molar-refractivity contribution in [2.45, 2.75) is 44.9 Å². The van der Waals surface area contributed by atoms with E-state index in [1.807, 2.05) is 19.1 Å². The van der Waals surface area contributed by atoms with E-state index in [1.54, 1.807) is 6.20 Å². The maximum absolute atomic E-state index is 12.6. The molecule has 2 atom stereocenters. The number of nitrogens with one attached hydrogen (secondary N) is 1. The number of aryl methyl sites for hydroxylation is 2. The molecule has 0 fully saturated rings. The molecule has 0 radical (unpaired) electrons. The van der Waals surface area contributed by atoms with Crippen LogP contribution in [0.3, 0.4) is 0 Å². The van der Waals surface area contributed by atoms with Crippen molar-refractivity contribution in [2.24, 2.45) is 0 Å². The minimum Gasteiger partial charge on any atom is -0.394 e. The molecule has 0 saturated carbocycles. The number of aliphatic hydroxyl groups excluding tert-OH is 2. The van der Waals surface area contributed by atoms with Gasteiger partial charge in [-0.15, -0.1) is 0 Å². The number of hydrogen-bond donors (Lipinski definition) is 3. The molecule has 1 aliphatic rings. The quantitative estimate of drug-likeness (QED) is 0.548. The molecule has 1 aliphatic carbocycles. The molecule has 152 valence electrons. The molecule has 0 aliphatic heterocycles. The maximum Gasteiger partial charge on any atom is 0.254 e. The van der Waals surface area contributed by atoms with Crippen LogP contribution in [0.15, 0.2) is 35.1 Å². The van der Waals surface area contributed by atoms with Crippen molar-refractivity contribution in [3.63, 3.8) is 0 Å². The van der Waals surface area contributed by atoms with Crippen LogP contribution in [-0.2, 0) is 19.4 Å². The normalized spacial score (nSPS) is 16.6. The summed E-state index contributed by atoms with van der Waals surface area (Å²) in [6.07, 6.45) is 4.48. The molecule has 1 aromatic carbocycles. The van der Waals surface area contributed by atoms with Crippen molar-refractivity contribution in [1.82, 2.24) is 25.2 Å². The van der Waals surface area contributed by atoms with Gasteiger partial charge in [0, 0.05) is 18.2 Å². The third-order valence-electron chi connectivity index (χ3n) is 5.06. The smallest absolute Gasteiger partial charge is 0.254 e. The minimum atomic E-state index is -0.908. The number of aliphatic hydroxyl groups is 2. The molecule has 9 heteroatoms. The van der Waals surface area contributed by atoms with Gasteiger partial charge in [-0.1, -0.05) is 24.2 Å². The first-order valence-electron chi connectivity index (χ1n) is 9.65. The van der Waals surface area contributed by atoms with Gasteiger partial charge in [-0.2, -0.15) is 10.1 Å². The second-order valence-corrected chi connectivity index (χ2v) is 7.13. The lowest BCUT2D eigenvalue weighted by Crippen LogP contribution is -2.27. The molecule has 3 aromatic rings. The Hall–Kier alpha value is -3.04. The number of nitrogens with zero attached hydrogens (tertiary/aromatic N) is 4. The van der Waals surface area contributed by atoms with Crippen LogP contribution in [0.25, 0.3) is 11.4 Å². The minimum absolute atomic E-state index is 0.0746. The van der Waals surface area contributed by atoms with Crippen LogP contribution in [0.5, 0.6) is 0 Å². The number of rotatable bonds is 7. The van der Waals surface area contributed by atoms with Gasteiger partial charge in [0.2, 0.25) is 11.7 Å². The predicted octanol–water partition coefficient (Wildman–Crippen LogP) is 1.27. The Kier molecular flexibility index (Phi) is 5.41. The van der Waals surface area contributed by atoms with Crippen molar-refractivity contribution < 1.29 is 19.5 Å². The van der Waals surface area contributed by atoms with E-state index in [1.165, 1.54) is 10.9 Å². The summed E-state index contributed by atoms with van der Waals surface area (Å²) in [5.74, 6) is 0.967. The lowest BCUT2D eigenvalue weighted by molar-refractivity contribution is 0.0781. The van der Waals surface area contributed by atoms with Gasteiger partial charge >= 0.3 is 0 Å². The van der Waals surface area contributed by atoms with Gasteiger partial charge < -0.3 is 20.1 Å². The summed E-state index contributed by atoms with van der Waals surface area (Å²) >= 11 is 0. The monoisotopic (exact) mass is 397 g/mol. The standard InChI is InChI=1S/C20H23N5O4/c1-2-18-23-19(24-29-18)13-3-5-16-12(7-13)4-6-17(16)22-20(28)14-8-21-25(9-14)10-15(27)11-26/h3,5,7-9,15,17,26-27H,2,4,6,10-11H2,1H3,(H,22,28)/t15?,17-/m1/s1. The molecule has 29 heavy (non-hydrogen) atoms. The predicted molar refractivity (Wildman–Crippen MR) is 103 cm³/mol. The van der Waals surface area contributed by atoms with E-state index in [4.69, 9.17) is 9.63 Å². The lowest BCUT2D eigenvalue weighted by atomic mass is 10.0. The molecule has 4 rings (SSSR count). The van der Waals surface area contributed by atoms with Crippen molar-refractivity contribution in [1.29, 1.82) is 0 Å². The van der Waals surface area contributed by atoms with Crippen molar-refractivity contribution >= 4 is 5.91 Å². The zero-order valence-corrected chi connectivity index (χ0v) is 16.1. The van der Waals surface area contributed by atoms with E-state index in [-0.39, 0.29) is 25.1 Å². The second-order valence-electron chi connectivity index (χ2n) is 7.13. The number of fused-ring (bicyclic) bond motifs is 1. The van der Waals surface area contributed by atoms with Crippen LogP contribution in [0.1, 0.15) is 46.8 Å². The molecule has 9 nitrogen and oxygen atoms in total. The molecule has 0 saturated heterocycles. The Morgan fingerprint density at radius 1 is 1.45 bits per heavy atom. The molecular formula is C20H23N5O4. The highest BCUT2D eigenvalue weighted by Crippen LogP contribution is 2.34. The fourth-order valence-corrected chi connectivity index (χ4v) is 3.52. The fourth-order valence-electron chi connectivity index (χ4n) is 3.52. The van der Waals surface area contributed by atoms with Gasteiger partial charge in [0.05, 0.1) is 37.1 Å². The van der Waals surface area contributed by atoms with E-state index in [0.29, 0.717) is 23.7 Å². The number of aromatic nitrogens is 4. The van der Waals surface area contributed by atoms with E-state index in [0.717, 1.165) is 29.5 Å². The van der Waals surface area contributed by atoms with E-state index >= 15 is 0 Å². The summed E-state index contributed by atoms with van der Waals surface area (Å²) in [4.78, 5) is 17.0. The summed E-state index contributed by atoms with van der Waals surface area (Å²) in [7, 11) is 0. The third-order valence-corrected chi connectivity index (χ3v) is 5.06. The molecule has 2 aromatic heterocycles. The molecule has 1 amide bonds. The molecule has 0 spiro atoms. The second kappa shape index (κ2) is 8.14. The molecule has 1 unspecified atom stereocenters. The summed E-state index contributed by atoms with van der Waals surface area (Å²) in [6.45, 7) is 1.74. The van der Waals surface area contributed by atoms with E-state index in [9.17, 15) is 9.90 Å². The maximum atomic E-state index is 12.6. The summed E-state index contributed by atoms with van der Waals surface area (Å²) in [6, 6.07) is 5.93. The highest BCUT2D eigenvalue weighted by atomic mass is 16.5. The molecule has 3 N–H and O–H groups in total. The van der Waals surface area contributed by atoms with Crippen LogP contribution in [0, 0.1) is 0 Å². The number of carbonyl (C=O) groups is 1. The molecular weight excluding hydrogens is 374 g/mol. The van der Waals surface area contributed by atoms with Gasteiger partial charge in [0.25, 0.3) is 5.91 Å². The Labute approximate surface area is 167 Å².